The van der Waals surface area contributed by atoms with Gasteiger partial charge in [0.15, 0.2) is 0 Å². The van der Waals surface area contributed by atoms with Gasteiger partial charge in [-0.05, 0) is 19.1 Å². The van der Waals surface area contributed by atoms with Crippen LogP contribution in [-0.4, -0.2) is 4.21 Å². The highest BCUT2D eigenvalue weighted by Gasteiger charge is 2.21. The highest BCUT2D eigenvalue weighted by atomic mass is 79.9. The van der Waals surface area contributed by atoms with Crippen LogP contribution in [0, 0.1) is 0 Å². The molecule has 3 nitrogen and oxygen atoms in total. The summed E-state index contributed by atoms with van der Waals surface area (Å²) in [4.78, 5) is 0. The topological polar surface area (TPSA) is 38.3 Å². The van der Waals surface area contributed by atoms with Crippen molar-refractivity contribution in [1.82, 2.24) is 4.72 Å². The maximum atomic E-state index is 11.1. The molecule has 13 heavy (non-hydrogen) atoms. The molecule has 0 bridgehead atoms. The minimum absolute atomic E-state index is 0.0673. The van der Waals surface area contributed by atoms with Gasteiger partial charge in [-0.15, -0.1) is 0 Å². The van der Waals surface area contributed by atoms with Crippen molar-refractivity contribution in [3.8, 4) is 5.75 Å². The second-order valence-corrected chi connectivity index (χ2v) is 4.63. The van der Waals surface area contributed by atoms with Crippen molar-refractivity contribution >= 4 is 27.2 Å². The molecule has 1 aromatic rings. The Morgan fingerprint density at radius 3 is 3.15 bits per heavy atom. The molecular formula is C8H8BrNO2S. The third-order valence-electron chi connectivity index (χ3n) is 1.88. The molecule has 1 aliphatic rings. The van der Waals surface area contributed by atoms with Gasteiger partial charge in [-0.25, -0.2) is 0 Å². The van der Waals surface area contributed by atoms with Crippen molar-refractivity contribution in [3.63, 3.8) is 0 Å². The van der Waals surface area contributed by atoms with Crippen LogP contribution >= 0.6 is 15.9 Å². The Morgan fingerprint density at radius 2 is 2.38 bits per heavy atom. The van der Waals surface area contributed by atoms with Gasteiger partial charge in [0.25, 0.3) is 11.3 Å². The quantitative estimate of drug-likeness (QED) is 0.777. The average molecular weight is 262 g/mol. The SMILES string of the molecule is CC1NS(=O)Oc2cc(Br)ccc21. The van der Waals surface area contributed by atoms with Crippen molar-refractivity contribution in [2.45, 2.75) is 13.0 Å². The van der Waals surface area contributed by atoms with E-state index in [2.05, 4.69) is 20.7 Å². The molecule has 0 saturated carbocycles. The van der Waals surface area contributed by atoms with Crippen molar-refractivity contribution in [3.05, 3.63) is 28.2 Å². The van der Waals surface area contributed by atoms with Crippen LogP contribution in [0.15, 0.2) is 22.7 Å². The van der Waals surface area contributed by atoms with E-state index in [4.69, 9.17) is 4.18 Å². The number of rotatable bonds is 0. The van der Waals surface area contributed by atoms with Crippen LogP contribution in [0.5, 0.6) is 5.75 Å². The van der Waals surface area contributed by atoms with E-state index >= 15 is 0 Å². The molecule has 2 unspecified atom stereocenters. The maximum absolute atomic E-state index is 11.1. The monoisotopic (exact) mass is 261 g/mol. The molecule has 70 valence electrons. The summed E-state index contributed by atoms with van der Waals surface area (Å²) >= 11 is 1.92. The third-order valence-corrected chi connectivity index (χ3v) is 3.25. The predicted octanol–water partition coefficient (Wildman–Crippen LogP) is 2.07. The van der Waals surface area contributed by atoms with Crippen molar-refractivity contribution in [1.29, 1.82) is 0 Å². The number of benzene rings is 1. The predicted molar refractivity (Wildman–Crippen MR) is 54.5 cm³/mol. The lowest BCUT2D eigenvalue weighted by Gasteiger charge is -2.22. The lowest BCUT2D eigenvalue weighted by atomic mass is 10.1. The van der Waals surface area contributed by atoms with Gasteiger partial charge in [-0.3, -0.25) is 0 Å². The Kier molecular flexibility index (Phi) is 2.40. The zero-order chi connectivity index (χ0) is 9.42. The van der Waals surface area contributed by atoms with E-state index in [0.717, 1.165) is 10.0 Å². The Balaban J connectivity index is 2.49. The summed E-state index contributed by atoms with van der Waals surface area (Å²) in [5, 5.41) is 0. The molecule has 1 heterocycles. The summed E-state index contributed by atoms with van der Waals surface area (Å²) in [7, 11) is 0. The van der Waals surface area contributed by atoms with Gasteiger partial charge in [0.2, 0.25) is 0 Å². The summed E-state index contributed by atoms with van der Waals surface area (Å²) in [6.07, 6.45) is 0. The largest absolute Gasteiger partial charge is 0.389 e. The Labute approximate surface area is 87.4 Å². The average Bonchev–Trinajstić information content (AvgIpc) is 2.02. The third kappa shape index (κ3) is 1.77. The molecule has 0 aromatic heterocycles. The second kappa shape index (κ2) is 3.40. The Bertz CT molecular complexity index is 369. The normalized spacial score (nSPS) is 26.3. The fourth-order valence-electron chi connectivity index (χ4n) is 1.25. The zero-order valence-electron chi connectivity index (χ0n) is 6.91. The first-order valence-corrected chi connectivity index (χ1v) is 5.69. The number of hydrogen-bond acceptors (Lipinski definition) is 2. The van der Waals surface area contributed by atoms with E-state index in [1.165, 1.54) is 0 Å². The second-order valence-electron chi connectivity index (χ2n) is 2.84. The van der Waals surface area contributed by atoms with E-state index in [1.54, 1.807) is 0 Å². The van der Waals surface area contributed by atoms with Crippen LogP contribution in [0.25, 0.3) is 0 Å². The molecule has 0 amide bonds. The Hall–Kier alpha value is -0.390. The Morgan fingerprint density at radius 1 is 1.62 bits per heavy atom. The van der Waals surface area contributed by atoms with Gasteiger partial charge in [-0.2, -0.15) is 8.93 Å². The molecule has 1 aromatic carbocycles. The number of hydrogen-bond donors (Lipinski definition) is 1. The van der Waals surface area contributed by atoms with E-state index in [1.807, 2.05) is 25.1 Å². The van der Waals surface area contributed by atoms with Crippen molar-refractivity contribution in [2.75, 3.05) is 0 Å². The first-order valence-electron chi connectivity index (χ1n) is 3.82. The number of halogens is 1. The first kappa shape index (κ1) is 9.18. The fraction of sp³-hybridized carbons (Fsp3) is 0.250. The minimum Gasteiger partial charge on any atom is -0.389 e. The molecule has 2 atom stereocenters. The molecule has 0 fully saturated rings. The van der Waals surface area contributed by atoms with E-state index < -0.39 is 11.3 Å². The molecule has 2 rings (SSSR count). The fourth-order valence-corrected chi connectivity index (χ4v) is 2.36. The van der Waals surface area contributed by atoms with Crippen LogP contribution in [-0.2, 0) is 11.3 Å². The highest BCUT2D eigenvalue weighted by molar-refractivity contribution is 9.10. The summed E-state index contributed by atoms with van der Waals surface area (Å²) < 4.78 is 19.9. The molecule has 1 aliphatic heterocycles. The van der Waals surface area contributed by atoms with E-state index in [0.29, 0.717) is 5.75 Å². The number of nitrogens with one attached hydrogen (secondary N) is 1. The van der Waals surface area contributed by atoms with Gasteiger partial charge in [0.1, 0.15) is 5.75 Å². The van der Waals surface area contributed by atoms with Crippen LogP contribution in [0.1, 0.15) is 18.5 Å². The van der Waals surface area contributed by atoms with Gasteiger partial charge < -0.3 is 4.18 Å². The highest BCUT2D eigenvalue weighted by Crippen LogP contribution is 2.32. The standard InChI is InChI=1S/C8H8BrNO2S/c1-5-7-3-2-6(9)4-8(7)12-13(11)10-5/h2-5,10H,1H3. The van der Waals surface area contributed by atoms with Crippen molar-refractivity contribution in [2.24, 2.45) is 0 Å². The van der Waals surface area contributed by atoms with Gasteiger partial charge in [0.05, 0.1) is 0 Å². The van der Waals surface area contributed by atoms with Crippen LogP contribution < -0.4 is 8.91 Å². The first-order chi connectivity index (χ1) is 6.16. The maximum Gasteiger partial charge on any atom is 0.288 e. The lowest BCUT2D eigenvalue weighted by Crippen LogP contribution is -2.29. The van der Waals surface area contributed by atoms with E-state index in [-0.39, 0.29) is 6.04 Å². The molecule has 0 spiro atoms. The summed E-state index contributed by atoms with van der Waals surface area (Å²) in [6, 6.07) is 5.78. The molecular weight excluding hydrogens is 254 g/mol. The summed E-state index contributed by atoms with van der Waals surface area (Å²) in [5.41, 5.74) is 1.03. The number of fused-ring (bicyclic) bond motifs is 1. The minimum atomic E-state index is -1.41. The molecule has 0 saturated heterocycles. The van der Waals surface area contributed by atoms with Gasteiger partial charge in [0, 0.05) is 16.1 Å². The van der Waals surface area contributed by atoms with Crippen LogP contribution in [0.4, 0.5) is 0 Å². The molecule has 1 N–H and O–H groups in total. The van der Waals surface area contributed by atoms with Gasteiger partial charge in [-0.1, -0.05) is 22.0 Å². The van der Waals surface area contributed by atoms with E-state index in [9.17, 15) is 4.21 Å². The zero-order valence-corrected chi connectivity index (χ0v) is 9.31. The van der Waals surface area contributed by atoms with Crippen LogP contribution in [0.2, 0.25) is 0 Å². The molecule has 0 radical (unpaired) electrons. The van der Waals surface area contributed by atoms with Crippen molar-refractivity contribution < 1.29 is 8.39 Å². The summed E-state index contributed by atoms with van der Waals surface area (Å²) in [5.74, 6) is 0.680. The smallest absolute Gasteiger partial charge is 0.288 e. The molecule has 0 aliphatic carbocycles. The molecule has 5 heteroatoms. The lowest BCUT2D eigenvalue weighted by molar-refractivity contribution is 0.499. The van der Waals surface area contributed by atoms with Gasteiger partial charge >= 0.3 is 0 Å². The summed E-state index contributed by atoms with van der Waals surface area (Å²) in [6.45, 7) is 1.95. The van der Waals surface area contributed by atoms with Crippen LogP contribution in [0.3, 0.4) is 0 Å².